The standard InChI is InChI=1S/C20H19NO3/c1-15-20(17-7-3-2-4-8-17)21-19(24-15)14-23-18-11-9-16(10-12-18)6-5-13-22/h2-12,22H,13-14H2,1H3. The maximum atomic E-state index is 8.77. The average Bonchev–Trinajstić information content (AvgIpc) is 3.00. The summed E-state index contributed by atoms with van der Waals surface area (Å²) < 4.78 is 11.4. The highest BCUT2D eigenvalue weighted by Gasteiger charge is 2.11. The fourth-order valence-electron chi connectivity index (χ4n) is 2.39. The van der Waals surface area contributed by atoms with Gasteiger partial charge in [0.1, 0.15) is 17.2 Å². The lowest BCUT2D eigenvalue weighted by Gasteiger charge is -2.03. The van der Waals surface area contributed by atoms with Gasteiger partial charge in [0.2, 0.25) is 5.89 Å². The summed E-state index contributed by atoms with van der Waals surface area (Å²) in [7, 11) is 0. The first-order valence-corrected chi connectivity index (χ1v) is 7.78. The Balaban J connectivity index is 1.66. The maximum absolute atomic E-state index is 8.77. The predicted molar refractivity (Wildman–Crippen MR) is 93.6 cm³/mol. The Bertz CT molecular complexity index is 805. The molecule has 3 rings (SSSR count). The van der Waals surface area contributed by atoms with Crippen LogP contribution in [0.1, 0.15) is 17.2 Å². The molecule has 0 aliphatic carbocycles. The van der Waals surface area contributed by atoms with Crippen molar-refractivity contribution in [2.45, 2.75) is 13.5 Å². The van der Waals surface area contributed by atoms with E-state index in [9.17, 15) is 0 Å². The van der Waals surface area contributed by atoms with Gasteiger partial charge in [0.15, 0.2) is 6.61 Å². The first-order valence-electron chi connectivity index (χ1n) is 7.78. The first-order chi connectivity index (χ1) is 11.8. The van der Waals surface area contributed by atoms with Gasteiger partial charge in [-0.3, -0.25) is 0 Å². The molecule has 4 heteroatoms. The van der Waals surface area contributed by atoms with E-state index in [1.165, 1.54) is 0 Å². The van der Waals surface area contributed by atoms with E-state index in [0.29, 0.717) is 5.89 Å². The van der Waals surface area contributed by atoms with Crippen LogP contribution in [0.5, 0.6) is 5.75 Å². The number of ether oxygens (including phenoxy) is 1. The van der Waals surface area contributed by atoms with E-state index in [0.717, 1.165) is 28.3 Å². The first kappa shape index (κ1) is 16.0. The van der Waals surface area contributed by atoms with Crippen LogP contribution in [0.2, 0.25) is 0 Å². The molecule has 4 nitrogen and oxygen atoms in total. The molecule has 0 saturated carbocycles. The molecule has 0 bridgehead atoms. The van der Waals surface area contributed by atoms with E-state index in [2.05, 4.69) is 4.98 Å². The Morgan fingerprint density at radius 2 is 1.83 bits per heavy atom. The van der Waals surface area contributed by atoms with Crippen LogP contribution in [0.15, 0.2) is 65.1 Å². The van der Waals surface area contributed by atoms with Crippen LogP contribution >= 0.6 is 0 Å². The van der Waals surface area contributed by atoms with Crippen molar-refractivity contribution < 1.29 is 14.3 Å². The number of hydrogen-bond donors (Lipinski definition) is 1. The lowest BCUT2D eigenvalue weighted by atomic mass is 10.1. The van der Waals surface area contributed by atoms with Gasteiger partial charge in [-0.1, -0.05) is 54.6 Å². The Kier molecular flexibility index (Phi) is 5.08. The second-order valence-electron chi connectivity index (χ2n) is 5.32. The van der Waals surface area contributed by atoms with E-state index in [1.807, 2.05) is 67.6 Å². The molecule has 0 aliphatic heterocycles. The monoisotopic (exact) mass is 321 g/mol. The summed E-state index contributed by atoms with van der Waals surface area (Å²) in [4.78, 5) is 4.52. The van der Waals surface area contributed by atoms with Crippen molar-refractivity contribution in [3.63, 3.8) is 0 Å². The number of nitrogens with zero attached hydrogens (tertiary/aromatic N) is 1. The molecule has 0 atom stereocenters. The van der Waals surface area contributed by atoms with Gasteiger partial charge < -0.3 is 14.3 Å². The van der Waals surface area contributed by atoms with Crippen molar-refractivity contribution >= 4 is 6.08 Å². The zero-order valence-electron chi connectivity index (χ0n) is 13.5. The summed E-state index contributed by atoms with van der Waals surface area (Å²) in [6.45, 7) is 2.21. The number of rotatable bonds is 6. The van der Waals surface area contributed by atoms with Crippen LogP contribution in [-0.2, 0) is 6.61 Å². The Hall–Kier alpha value is -2.85. The zero-order chi connectivity index (χ0) is 16.8. The number of benzene rings is 2. The van der Waals surface area contributed by atoms with Crippen LogP contribution < -0.4 is 4.74 Å². The molecule has 1 heterocycles. The lowest BCUT2D eigenvalue weighted by molar-refractivity contribution is 0.260. The summed E-state index contributed by atoms with van der Waals surface area (Å²) in [5, 5.41) is 8.77. The van der Waals surface area contributed by atoms with Crippen molar-refractivity contribution in [3.8, 4) is 17.0 Å². The molecule has 0 aliphatic rings. The second kappa shape index (κ2) is 7.62. The van der Waals surface area contributed by atoms with Crippen molar-refractivity contribution in [2.75, 3.05) is 6.61 Å². The molecule has 0 radical (unpaired) electrons. The number of aromatic nitrogens is 1. The van der Waals surface area contributed by atoms with Crippen LogP contribution in [0.25, 0.3) is 17.3 Å². The molecule has 0 unspecified atom stereocenters. The molecule has 0 fully saturated rings. The fraction of sp³-hybridized carbons (Fsp3) is 0.150. The van der Waals surface area contributed by atoms with Gasteiger partial charge in [-0.15, -0.1) is 0 Å². The second-order valence-corrected chi connectivity index (χ2v) is 5.32. The minimum atomic E-state index is 0.0332. The third-order valence-corrected chi connectivity index (χ3v) is 3.55. The van der Waals surface area contributed by atoms with Crippen LogP contribution in [-0.4, -0.2) is 16.7 Å². The molecule has 0 spiro atoms. The third-order valence-electron chi connectivity index (χ3n) is 3.55. The van der Waals surface area contributed by atoms with Crippen molar-refractivity contribution in [1.82, 2.24) is 4.98 Å². The highest BCUT2D eigenvalue weighted by atomic mass is 16.5. The number of aliphatic hydroxyl groups is 1. The normalized spacial score (nSPS) is 11.1. The van der Waals surface area contributed by atoms with Crippen LogP contribution in [0.4, 0.5) is 0 Å². The van der Waals surface area contributed by atoms with Gasteiger partial charge in [0.25, 0.3) is 0 Å². The van der Waals surface area contributed by atoms with Crippen LogP contribution in [0.3, 0.4) is 0 Å². The Morgan fingerprint density at radius 1 is 1.08 bits per heavy atom. The van der Waals surface area contributed by atoms with Gasteiger partial charge >= 0.3 is 0 Å². The lowest BCUT2D eigenvalue weighted by Crippen LogP contribution is -1.95. The van der Waals surface area contributed by atoms with Gasteiger partial charge in [0.05, 0.1) is 6.61 Å². The third kappa shape index (κ3) is 3.91. The molecular weight excluding hydrogens is 302 g/mol. The summed E-state index contributed by atoms with van der Waals surface area (Å²) in [6, 6.07) is 17.6. The molecule has 24 heavy (non-hydrogen) atoms. The van der Waals surface area contributed by atoms with E-state index >= 15 is 0 Å². The summed E-state index contributed by atoms with van der Waals surface area (Å²) in [6.07, 6.45) is 3.55. The highest BCUT2D eigenvalue weighted by molar-refractivity contribution is 5.60. The molecule has 0 saturated heterocycles. The highest BCUT2D eigenvalue weighted by Crippen LogP contribution is 2.24. The fourth-order valence-corrected chi connectivity index (χ4v) is 2.39. The average molecular weight is 321 g/mol. The molecule has 1 aromatic heterocycles. The Morgan fingerprint density at radius 3 is 2.54 bits per heavy atom. The summed E-state index contributed by atoms with van der Waals surface area (Å²) in [5.74, 6) is 2.08. The molecule has 3 aromatic rings. The predicted octanol–water partition coefficient (Wildman–Crippen LogP) is 4.23. The zero-order valence-corrected chi connectivity index (χ0v) is 13.5. The smallest absolute Gasteiger partial charge is 0.233 e. The van der Waals surface area contributed by atoms with Crippen molar-refractivity contribution in [2.24, 2.45) is 0 Å². The minimum Gasteiger partial charge on any atom is -0.484 e. The van der Waals surface area contributed by atoms with E-state index < -0.39 is 0 Å². The minimum absolute atomic E-state index is 0.0332. The number of aliphatic hydroxyl groups excluding tert-OH is 1. The van der Waals surface area contributed by atoms with E-state index in [-0.39, 0.29) is 13.2 Å². The molecule has 122 valence electrons. The topological polar surface area (TPSA) is 55.5 Å². The molecule has 1 N–H and O–H groups in total. The SMILES string of the molecule is Cc1oc(COc2ccc(C=CCO)cc2)nc1-c1ccccc1. The van der Waals surface area contributed by atoms with Crippen molar-refractivity contribution in [1.29, 1.82) is 0 Å². The van der Waals surface area contributed by atoms with Gasteiger partial charge in [-0.2, -0.15) is 0 Å². The summed E-state index contributed by atoms with van der Waals surface area (Å²) in [5.41, 5.74) is 2.89. The Labute approximate surface area is 141 Å². The van der Waals surface area contributed by atoms with Gasteiger partial charge in [-0.05, 0) is 24.6 Å². The van der Waals surface area contributed by atoms with Gasteiger partial charge in [0, 0.05) is 5.56 Å². The quantitative estimate of drug-likeness (QED) is 0.738. The summed E-state index contributed by atoms with van der Waals surface area (Å²) >= 11 is 0. The molecular formula is C20H19NO3. The molecule has 2 aromatic carbocycles. The van der Waals surface area contributed by atoms with E-state index in [4.69, 9.17) is 14.3 Å². The maximum Gasteiger partial charge on any atom is 0.233 e. The van der Waals surface area contributed by atoms with Gasteiger partial charge in [-0.25, -0.2) is 4.98 Å². The van der Waals surface area contributed by atoms with Crippen molar-refractivity contribution in [3.05, 3.63) is 77.9 Å². The number of aryl methyl sites for hydroxylation is 1. The largest absolute Gasteiger partial charge is 0.484 e. The van der Waals surface area contributed by atoms with E-state index in [1.54, 1.807) is 6.08 Å². The number of hydrogen-bond acceptors (Lipinski definition) is 4. The number of oxazole rings is 1. The molecule has 0 amide bonds. The van der Waals surface area contributed by atoms with Crippen LogP contribution in [0, 0.1) is 6.92 Å².